The van der Waals surface area contributed by atoms with Crippen molar-refractivity contribution in [2.45, 2.75) is 6.54 Å². The number of nitrogens with one attached hydrogen (secondary N) is 2. The Morgan fingerprint density at radius 2 is 1.94 bits per heavy atom. The second kappa shape index (κ2) is 9.47. The molecule has 2 aromatic heterocycles. The number of hydrogen-bond acceptors (Lipinski definition) is 8. The van der Waals surface area contributed by atoms with E-state index in [9.17, 15) is 9.18 Å². The van der Waals surface area contributed by atoms with Crippen LogP contribution in [0.25, 0.3) is 10.2 Å². The minimum atomic E-state index is -0.529. The number of nitrogens with zero attached hydrogens (tertiary/aromatic N) is 2. The van der Waals surface area contributed by atoms with E-state index in [2.05, 4.69) is 20.6 Å². The maximum atomic E-state index is 13.5. The average Bonchev–Trinajstić information content (AvgIpc) is 3.17. The lowest BCUT2D eigenvalue weighted by molar-refractivity contribution is 0.0956. The van der Waals surface area contributed by atoms with Crippen molar-refractivity contribution in [3.63, 3.8) is 0 Å². The molecule has 1 amide bonds. The predicted molar refractivity (Wildman–Crippen MR) is 127 cm³/mol. The van der Waals surface area contributed by atoms with Crippen LogP contribution in [0.3, 0.4) is 0 Å². The molecule has 170 valence electrons. The molecule has 0 saturated heterocycles. The molecule has 0 spiro atoms. The van der Waals surface area contributed by atoms with Crippen LogP contribution in [0.15, 0.2) is 42.7 Å². The lowest BCUT2D eigenvalue weighted by Crippen LogP contribution is -2.22. The van der Waals surface area contributed by atoms with Gasteiger partial charge in [-0.05, 0) is 35.9 Å². The zero-order chi connectivity index (χ0) is 23.5. The second-order valence-corrected chi connectivity index (χ2v) is 8.28. The molecule has 0 aliphatic carbocycles. The molecule has 8 nitrogen and oxygen atoms in total. The molecule has 4 aromatic rings. The largest absolute Gasteiger partial charge is 0.493 e. The van der Waals surface area contributed by atoms with Gasteiger partial charge in [-0.3, -0.25) is 4.79 Å². The smallest absolute Gasteiger partial charge is 0.263 e. The number of aromatic nitrogens is 2. The number of halogens is 2. The first-order valence-electron chi connectivity index (χ1n) is 9.65. The molecule has 11 heteroatoms. The van der Waals surface area contributed by atoms with Crippen molar-refractivity contribution < 1.29 is 18.7 Å². The van der Waals surface area contributed by atoms with Gasteiger partial charge < -0.3 is 25.8 Å². The lowest BCUT2D eigenvalue weighted by Gasteiger charge is -2.10. The van der Waals surface area contributed by atoms with Gasteiger partial charge in [0.15, 0.2) is 11.5 Å². The number of thiophene rings is 1. The molecule has 2 aromatic carbocycles. The summed E-state index contributed by atoms with van der Waals surface area (Å²) in [6.07, 6.45) is 1.36. The van der Waals surface area contributed by atoms with E-state index in [0.717, 1.165) is 16.9 Å². The first kappa shape index (κ1) is 22.6. The SMILES string of the molecule is COc1ccc(CNC(=O)c2sc3ncnc(Nc4ccc(F)c(Cl)c4)c3c2N)cc1OC. The van der Waals surface area contributed by atoms with Gasteiger partial charge in [-0.25, -0.2) is 14.4 Å². The summed E-state index contributed by atoms with van der Waals surface area (Å²) in [4.78, 5) is 22.2. The zero-order valence-corrected chi connectivity index (χ0v) is 19.2. The van der Waals surface area contributed by atoms with Crippen LogP contribution in [0.5, 0.6) is 11.5 Å². The van der Waals surface area contributed by atoms with Crippen molar-refractivity contribution in [1.82, 2.24) is 15.3 Å². The summed E-state index contributed by atoms with van der Waals surface area (Å²) in [5.41, 5.74) is 7.90. The van der Waals surface area contributed by atoms with Crippen molar-refractivity contribution in [3.05, 3.63) is 64.0 Å². The van der Waals surface area contributed by atoms with Gasteiger partial charge in [0.05, 0.1) is 30.3 Å². The van der Waals surface area contributed by atoms with Crippen molar-refractivity contribution in [2.75, 3.05) is 25.3 Å². The number of fused-ring (bicyclic) bond motifs is 1. The Labute approximate surface area is 197 Å². The van der Waals surface area contributed by atoms with E-state index in [1.54, 1.807) is 26.4 Å². The lowest BCUT2D eigenvalue weighted by atomic mass is 10.2. The van der Waals surface area contributed by atoms with Gasteiger partial charge in [-0.2, -0.15) is 0 Å². The summed E-state index contributed by atoms with van der Waals surface area (Å²) in [5.74, 6) is 0.676. The number of methoxy groups -OCH3 is 2. The number of carbonyl (C=O) groups excluding carboxylic acids is 1. The molecule has 4 N–H and O–H groups in total. The van der Waals surface area contributed by atoms with Crippen LogP contribution in [0, 0.1) is 5.82 Å². The molecule has 4 rings (SSSR count). The van der Waals surface area contributed by atoms with E-state index >= 15 is 0 Å². The molecular weight excluding hydrogens is 469 g/mol. The molecule has 0 unspecified atom stereocenters. The average molecular weight is 488 g/mol. The molecule has 0 radical (unpaired) electrons. The Kier molecular flexibility index (Phi) is 6.47. The Morgan fingerprint density at radius 1 is 1.15 bits per heavy atom. The van der Waals surface area contributed by atoms with E-state index in [1.807, 2.05) is 6.07 Å². The van der Waals surface area contributed by atoms with Crippen LogP contribution in [0.1, 0.15) is 15.2 Å². The Morgan fingerprint density at radius 3 is 2.67 bits per heavy atom. The number of carbonyl (C=O) groups is 1. The number of nitrogens with two attached hydrogens (primary N) is 1. The summed E-state index contributed by atoms with van der Waals surface area (Å²) in [6.45, 7) is 0.262. The second-order valence-electron chi connectivity index (χ2n) is 6.87. The van der Waals surface area contributed by atoms with Crippen LogP contribution in [0.4, 0.5) is 21.6 Å². The molecular formula is C22H19ClFN5O3S. The number of anilines is 3. The topological polar surface area (TPSA) is 111 Å². The Bertz CT molecular complexity index is 1350. The van der Waals surface area contributed by atoms with E-state index in [-0.39, 0.29) is 23.2 Å². The Balaban J connectivity index is 1.57. The predicted octanol–water partition coefficient (Wildman–Crippen LogP) is 4.76. The fraction of sp³-hybridized carbons (Fsp3) is 0.136. The molecule has 0 atom stereocenters. The third-order valence-corrected chi connectivity index (χ3v) is 6.22. The summed E-state index contributed by atoms with van der Waals surface area (Å²) in [6, 6.07) is 9.58. The summed E-state index contributed by atoms with van der Waals surface area (Å²) >= 11 is 7.01. The minimum Gasteiger partial charge on any atom is -0.493 e. The summed E-state index contributed by atoms with van der Waals surface area (Å²) in [5, 5.41) is 6.38. The number of hydrogen-bond donors (Lipinski definition) is 3. The van der Waals surface area contributed by atoms with Gasteiger partial charge in [-0.15, -0.1) is 11.3 Å². The van der Waals surface area contributed by atoms with E-state index in [1.165, 1.54) is 24.5 Å². The van der Waals surface area contributed by atoms with Gasteiger partial charge in [0.2, 0.25) is 0 Å². The third-order valence-electron chi connectivity index (χ3n) is 4.81. The van der Waals surface area contributed by atoms with Gasteiger partial charge in [-0.1, -0.05) is 17.7 Å². The molecule has 2 heterocycles. The van der Waals surface area contributed by atoms with Crippen molar-refractivity contribution in [3.8, 4) is 11.5 Å². The van der Waals surface area contributed by atoms with E-state index in [0.29, 0.717) is 38.1 Å². The van der Waals surface area contributed by atoms with Gasteiger partial charge in [0.25, 0.3) is 5.91 Å². The quantitative estimate of drug-likeness (QED) is 0.344. The van der Waals surface area contributed by atoms with Crippen LogP contribution < -0.4 is 25.8 Å². The molecule has 0 aliphatic rings. The number of rotatable bonds is 7. The van der Waals surface area contributed by atoms with Crippen LogP contribution in [0.2, 0.25) is 5.02 Å². The third kappa shape index (κ3) is 4.62. The monoisotopic (exact) mass is 487 g/mol. The first-order chi connectivity index (χ1) is 15.9. The highest BCUT2D eigenvalue weighted by Gasteiger charge is 2.20. The van der Waals surface area contributed by atoms with Crippen molar-refractivity contribution >= 4 is 56.3 Å². The molecule has 0 aliphatic heterocycles. The van der Waals surface area contributed by atoms with Crippen molar-refractivity contribution in [2.24, 2.45) is 0 Å². The molecule has 33 heavy (non-hydrogen) atoms. The number of benzene rings is 2. The standard InChI is InChI=1S/C22H19ClFN5O3S/c1-31-15-6-3-11(7-16(15)32-2)9-26-21(30)19-18(25)17-20(27-10-28-22(17)33-19)29-12-4-5-14(24)13(23)8-12/h3-8,10H,9,25H2,1-2H3,(H,26,30)(H,27,28,29). The zero-order valence-electron chi connectivity index (χ0n) is 17.6. The van der Waals surface area contributed by atoms with Crippen molar-refractivity contribution in [1.29, 1.82) is 0 Å². The number of amides is 1. The molecule has 0 bridgehead atoms. The fourth-order valence-electron chi connectivity index (χ4n) is 3.18. The fourth-order valence-corrected chi connectivity index (χ4v) is 4.34. The summed E-state index contributed by atoms with van der Waals surface area (Å²) < 4.78 is 24.0. The molecule has 0 saturated carbocycles. The number of ether oxygens (including phenoxy) is 2. The summed E-state index contributed by atoms with van der Waals surface area (Å²) in [7, 11) is 3.10. The minimum absolute atomic E-state index is 0.0289. The maximum absolute atomic E-state index is 13.5. The van der Waals surface area contributed by atoms with Gasteiger partial charge in [0.1, 0.15) is 27.7 Å². The highest BCUT2D eigenvalue weighted by molar-refractivity contribution is 7.21. The van der Waals surface area contributed by atoms with Crippen LogP contribution >= 0.6 is 22.9 Å². The normalized spacial score (nSPS) is 10.8. The van der Waals surface area contributed by atoms with Crippen LogP contribution in [-0.4, -0.2) is 30.1 Å². The Hall–Kier alpha value is -3.63. The number of nitrogen functional groups attached to an aromatic ring is 1. The molecule has 0 fully saturated rings. The van der Waals surface area contributed by atoms with Crippen LogP contribution in [-0.2, 0) is 6.54 Å². The highest BCUT2D eigenvalue weighted by Crippen LogP contribution is 2.37. The van der Waals surface area contributed by atoms with Gasteiger partial charge in [0, 0.05) is 12.2 Å². The van der Waals surface area contributed by atoms with E-state index in [4.69, 9.17) is 26.8 Å². The maximum Gasteiger partial charge on any atom is 0.263 e. The first-order valence-corrected chi connectivity index (χ1v) is 10.8. The highest BCUT2D eigenvalue weighted by atomic mass is 35.5. The van der Waals surface area contributed by atoms with E-state index < -0.39 is 5.82 Å². The van der Waals surface area contributed by atoms with Gasteiger partial charge >= 0.3 is 0 Å².